The number of hydrogen-bond acceptors (Lipinski definition) is 4. The third-order valence-electron chi connectivity index (χ3n) is 5.86. The molecular weight excluding hydrogens is 432 g/mol. The van der Waals surface area contributed by atoms with Crippen LogP contribution in [0.2, 0.25) is 0 Å². The zero-order valence-corrected chi connectivity index (χ0v) is 20.8. The molecule has 0 aliphatic carbocycles. The maximum absolute atomic E-state index is 13.6. The minimum absolute atomic E-state index is 0.106. The molecular formula is C27H34N2O5. The highest BCUT2D eigenvalue weighted by Crippen LogP contribution is 2.29. The Kier molecular flexibility index (Phi) is 7.79. The maximum atomic E-state index is 13.6. The minimum Gasteiger partial charge on any atom is -0.478 e. The van der Waals surface area contributed by atoms with Gasteiger partial charge in [-0.2, -0.15) is 0 Å². The van der Waals surface area contributed by atoms with E-state index in [4.69, 9.17) is 9.47 Å². The van der Waals surface area contributed by atoms with Gasteiger partial charge < -0.3 is 14.6 Å². The molecule has 34 heavy (non-hydrogen) atoms. The topological polar surface area (TPSA) is 82.7 Å². The van der Waals surface area contributed by atoms with Crippen molar-refractivity contribution in [3.05, 3.63) is 81.5 Å². The van der Waals surface area contributed by atoms with Crippen molar-refractivity contribution in [3.63, 3.8) is 0 Å². The second kappa shape index (κ2) is 10.4. The molecule has 0 saturated carbocycles. The number of carboxylic acids is 1. The predicted octanol–water partition coefficient (Wildman–Crippen LogP) is 5.06. The van der Waals surface area contributed by atoms with Crippen LogP contribution in [0.5, 0.6) is 0 Å². The van der Waals surface area contributed by atoms with Crippen molar-refractivity contribution in [2.45, 2.75) is 58.9 Å². The summed E-state index contributed by atoms with van der Waals surface area (Å²) in [6, 6.07) is 14.6. The van der Waals surface area contributed by atoms with E-state index in [-0.39, 0.29) is 11.3 Å². The molecule has 3 rings (SSSR count). The summed E-state index contributed by atoms with van der Waals surface area (Å²) in [7, 11) is 3.15. The largest absolute Gasteiger partial charge is 0.478 e. The fourth-order valence-electron chi connectivity index (χ4n) is 4.37. The Morgan fingerprint density at radius 3 is 2.18 bits per heavy atom. The molecule has 0 bridgehead atoms. The van der Waals surface area contributed by atoms with Crippen molar-refractivity contribution in [3.8, 4) is 11.1 Å². The van der Waals surface area contributed by atoms with Gasteiger partial charge in [0.05, 0.1) is 17.8 Å². The monoisotopic (exact) mass is 466 g/mol. The number of nitrogens with zero attached hydrogens (tertiary/aromatic N) is 2. The molecule has 0 atom stereocenters. The van der Waals surface area contributed by atoms with E-state index in [1.807, 2.05) is 51.1 Å². The Bertz CT molecular complexity index is 1200. The summed E-state index contributed by atoms with van der Waals surface area (Å²) in [6.07, 6.45) is 0.927. The quantitative estimate of drug-likeness (QED) is 0.446. The first-order valence-corrected chi connectivity index (χ1v) is 11.5. The van der Waals surface area contributed by atoms with Gasteiger partial charge in [-0.05, 0) is 49.9 Å². The molecule has 182 valence electrons. The van der Waals surface area contributed by atoms with Crippen LogP contribution in [0.4, 0.5) is 0 Å². The number of hydrogen-bond donors (Lipinski definition) is 1. The predicted molar refractivity (Wildman–Crippen MR) is 132 cm³/mol. The lowest BCUT2D eigenvalue weighted by Gasteiger charge is -2.26. The van der Waals surface area contributed by atoms with Crippen LogP contribution in [0.1, 0.15) is 67.7 Å². The van der Waals surface area contributed by atoms with Crippen LogP contribution in [0.15, 0.2) is 53.3 Å². The normalized spacial score (nSPS) is 11.9. The summed E-state index contributed by atoms with van der Waals surface area (Å²) in [5.74, 6) is -0.961. The van der Waals surface area contributed by atoms with Gasteiger partial charge in [-0.15, -0.1) is 0 Å². The molecule has 0 fully saturated rings. The molecule has 0 radical (unpaired) electrons. The molecule has 2 aromatic carbocycles. The lowest BCUT2D eigenvalue weighted by Crippen LogP contribution is -2.37. The van der Waals surface area contributed by atoms with E-state index in [2.05, 4.69) is 6.92 Å². The molecule has 7 heteroatoms. The molecule has 1 heterocycles. The summed E-state index contributed by atoms with van der Waals surface area (Å²) in [6.45, 7) is 8.46. The van der Waals surface area contributed by atoms with E-state index in [9.17, 15) is 14.7 Å². The van der Waals surface area contributed by atoms with Crippen molar-refractivity contribution < 1.29 is 19.4 Å². The van der Waals surface area contributed by atoms with Crippen molar-refractivity contribution in [1.82, 2.24) is 9.13 Å². The number of carboxylic acid groups (broad SMARTS) is 1. The van der Waals surface area contributed by atoms with Crippen LogP contribution in [-0.2, 0) is 28.0 Å². The fourth-order valence-corrected chi connectivity index (χ4v) is 4.37. The Morgan fingerprint density at radius 1 is 1.03 bits per heavy atom. The molecule has 0 aliphatic heterocycles. The van der Waals surface area contributed by atoms with Gasteiger partial charge in [0.25, 0.3) is 0 Å². The number of methoxy groups -OCH3 is 2. The molecule has 0 amide bonds. The standard InChI is InChI=1S/C27H34N2O5/c1-7-10-22-23(25(33-5)34-6)29(27(2,3)4)26(32)28(22)17-18-13-15-19(16-14-18)20-11-8-9-12-21(20)24(30)31/h8-9,11-16,25H,7,10,17H2,1-6H3,(H,30,31). The van der Waals surface area contributed by atoms with Crippen LogP contribution in [0.3, 0.4) is 0 Å². The number of imidazole rings is 1. The SMILES string of the molecule is CCCc1c(C(OC)OC)n(C(C)(C)C)c(=O)n1Cc1ccc(-c2ccccc2C(=O)O)cc1. The second-order valence-electron chi connectivity index (χ2n) is 9.31. The number of benzene rings is 2. The molecule has 3 aromatic rings. The fraction of sp³-hybridized carbons (Fsp3) is 0.407. The maximum Gasteiger partial charge on any atom is 0.336 e. The van der Waals surface area contributed by atoms with E-state index in [1.165, 1.54) is 0 Å². The summed E-state index contributed by atoms with van der Waals surface area (Å²) in [5.41, 5.74) is 3.76. The summed E-state index contributed by atoms with van der Waals surface area (Å²) < 4.78 is 14.7. The van der Waals surface area contributed by atoms with Crippen molar-refractivity contribution in [1.29, 1.82) is 0 Å². The van der Waals surface area contributed by atoms with E-state index in [0.717, 1.165) is 28.9 Å². The van der Waals surface area contributed by atoms with E-state index < -0.39 is 17.8 Å². The highest BCUT2D eigenvalue weighted by Gasteiger charge is 2.31. The van der Waals surface area contributed by atoms with Gasteiger partial charge in [0.2, 0.25) is 6.29 Å². The van der Waals surface area contributed by atoms with Gasteiger partial charge >= 0.3 is 11.7 Å². The number of aromatic nitrogens is 2. The Morgan fingerprint density at radius 2 is 1.65 bits per heavy atom. The molecule has 0 saturated heterocycles. The van der Waals surface area contributed by atoms with Gasteiger partial charge in [0.15, 0.2) is 0 Å². The first-order valence-electron chi connectivity index (χ1n) is 11.5. The second-order valence-corrected chi connectivity index (χ2v) is 9.31. The highest BCUT2D eigenvalue weighted by atomic mass is 16.7. The van der Waals surface area contributed by atoms with E-state index in [1.54, 1.807) is 41.6 Å². The number of carbonyl (C=O) groups is 1. The van der Waals surface area contributed by atoms with Gasteiger partial charge in [-0.25, -0.2) is 9.59 Å². The van der Waals surface area contributed by atoms with Crippen LogP contribution < -0.4 is 5.69 Å². The smallest absolute Gasteiger partial charge is 0.336 e. The third-order valence-corrected chi connectivity index (χ3v) is 5.86. The molecule has 1 aromatic heterocycles. The van der Waals surface area contributed by atoms with Crippen LogP contribution in [-0.4, -0.2) is 34.4 Å². The number of rotatable bonds is 9. The first kappa shape index (κ1) is 25.5. The van der Waals surface area contributed by atoms with Gasteiger partial charge in [-0.3, -0.25) is 9.13 Å². The molecule has 7 nitrogen and oxygen atoms in total. The Hall–Kier alpha value is -3.16. The van der Waals surface area contributed by atoms with Gasteiger partial charge in [0.1, 0.15) is 0 Å². The summed E-state index contributed by atoms with van der Waals surface area (Å²) >= 11 is 0. The zero-order chi connectivity index (χ0) is 25.0. The van der Waals surface area contributed by atoms with Crippen LogP contribution >= 0.6 is 0 Å². The average Bonchev–Trinajstić information content (AvgIpc) is 3.07. The summed E-state index contributed by atoms with van der Waals surface area (Å²) in [4.78, 5) is 25.2. The first-order chi connectivity index (χ1) is 16.1. The highest BCUT2D eigenvalue weighted by molar-refractivity contribution is 5.95. The summed E-state index contributed by atoms with van der Waals surface area (Å²) in [5, 5.41) is 9.51. The van der Waals surface area contributed by atoms with Crippen molar-refractivity contribution >= 4 is 5.97 Å². The Labute approximate surface area is 200 Å². The lowest BCUT2D eigenvalue weighted by molar-refractivity contribution is -0.112. The van der Waals surface area contributed by atoms with Gasteiger partial charge in [0, 0.05) is 25.5 Å². The Balaban J connectivity index is 2.08. The molecule has 0 spiro atoms. The van der Waals surface area contributed by atoms with Crippen molar-refractivity contribution in [2.24, 2.45) is 0 Å². The van der Waals surface area contributed by atoms with Crippen LogP contribution in [0.25, 0.3) is 11.1 Å². The van der Waals surface area contributed by atoms with Gasteiger partial charge in [-0.1, -0.05) is 55.8 Å². The number of ether oxygens (including phenoxy) is 2. The lowest BCUT2D eigenvalue weighted by atomic mass is 9.99. The third kappa shape index (κ3) is 5.00. The van der Waals surface area contributed by atoms with E-state index >= 15 is 0 Å². The zero-order valence-electron chi connectivity index (χ0n) is 20.8. The molecule has 0 aliphatic rings. The minimum atomic E-state index is -0.961. The molecule has 0 unspecified atom stereocenters. The average molecular weight is 467 g/mol. The van der Waals surface area contributed by atoms with Crippen LogP contribution in [0, 0.1) is 0 Å². The number of aromatic carboxylic acids is 1. The van der Waals surface area contributed by atoms with Crippen molar-refractivity contribution in [2.75, 3.05) is 14.2 Å². The molecule has 1 N–H and O–H groups in total. The van der Waals surface area contributed by atoms with E-state index in [0.29, 0.717) is 18.5 Å².